The number of unbranched alkanes of at least 4 members (excludes halogenated alkanes) is 2. The Bertz CT molecular complexity index is 1100. The second-order valence-corrected chi connectivity index (χ2v) is 13.6. The molecule has 0 aliphatic carbocycles. The first kappa shape index (κ1) is 33.8. The van der Waals surface area contributed by atoms with Crippen LogP contribution in [-0.4, -0.2) is 41.1 Å². The van der Waals surface area contributed by atoms with Crippen molar-refractivity contribution in [2.75, 3.05) is 7.05 Å². The lowest BCUT2D eigenvalue weighted by molar-refractivity contribution is -0.160. The fraction of sp³-hybridized carbons (Fsp3) is 0.622. The number of carbonyl (C=O) groups is 2. The minimum atomic E-state index is -0.427. The van der Waals surface area contributed by atoms with Crippen LogP contribution in [0.4, 0.5) is 0 Å². The summed E-state index contributed by atoms with van der Waals surface area (Å²) in [6.45, 7) is 13.3. The second kappa shape index (κ2) is 15.7. The maximum Gasteiger partial charge on any atom is 0.311 e. The van der Waals surface area contributed by atoms with E-state index in [4.69, 9.17) is 9.47 Å². The van der Waals surface area contributed by atoms with Crippen LogP contribution in [0.15, 0.2) is 48.5 Å². The first-order valence-corrected chi connectivity index (χ1v) is 16.3. The van der Waals surface area contributed by atoms with Gasteiger partial charge in [0.1, 0.15) is 11.9 Å². The third-order valence-electron chi connectivity index (χ3n) is 9.23. The van der Waals surface area contributed by atoms with Crippen molar-refractivity contribution in [3.05, 3.63) is 54.1 Å². The molecule has 1 aliphatic rings. The van der Waals surface area contributed by atoms with Crippen LogP contribution in [-0.2, 0) is 20.7 Å². The molecular formula is C37H55NO4. The summed E-state index contributed by atoms with van der Waals surface area (Å²) >= 11 is 0. The second-order valence-electron chi connectivity index (χ2n) is 13.6. The molecule has 0 N–H and O–H groups in total. The van der Waals surface area contributed by atoms with E-state index in [-0.39, 0.29) is 36.0 Å². The summed E-state index contributed by atoms with van der Waals surface area (Å²) in [5, 5.41) is 0. The van der Waals surface area contributed by atoms with Crippen molar-refractivity contribution in [2.24, 2.45) is 5.92 Å². The molecule has 1 fully saturated rings. The van der Waals surface area contributed by atoms with Crippen LogP contribution in [0.1, 0.15) is 118 Å². The van der Waals surface area contributed by atoms with E-state index in [1.54, 1.807) is 0 Å². The molecule has 0 radical (unpaired) electrons. The van der Waals surface area contributed by atoms with Gasteiger partial charge in [-0.2, -0.15) is 0 Å². The minimum absolute atomic E-state index is 0.000821. The van der Waals surface area contributed by atoms with E-state index in [1.807, 2.05) is 24.3 Å². The largest absolute Gasteiger partial charge is 0.462 e. The molecule has 42 heavy (non-hydrogen) atoms. The zero-order valence-corrected chi connectivity index (χ0v) is 27.3. The van der Waals surface area contributed by atoms with E-state index in [9.17, 15) is 9.59 Å². The van der Waals surface area contributed by atoms with Gasteiger partial charge in [0, 0.05) is 23.9 Å². The summed E-state index contributed by atoms with van der Waals surface area (Å²) < 4.78 is 11.3. The topological polar surface area (TPSA) is 55.8 Å². The predicted octanol–water partition coefficient (Wildman–Crippen LogP) is 9.16. The first-order valence-electron chi connectivity index (χ1n) is 16.3. The van der Waals surface area contributed by atoms with Crippen LogP contribution >= 0.6 is 0 Å². The smallest absolute Gasteiger partial charge is 0.311 e. The molecule has 1 aliphatic heterocycles. The number of ether oxygens (including phenoxy) is 2. The zero-order valence-electron chi connectivity index (χ0n) is 27.3. The van der Waals surface area contributed by atoms with Crippen molar-refractivity contribution in [2.45, 2.75) is 136 Å². The Balaban J connectivity index is 1.44. The predicted molar refractivity (Wildman–Crippen MR) is 173 cm³/mol. The van der Waals surface area contributed by atoms with Gasteiger partial charge in [0.25, 0.3) is 0 Å². The Kier molecular flexibility index (Phi) is 12.7. The average molecular weight is 578 g/mol. The maximum atomic E-state index is 12.5. The van der Waals surface area contributed by atoms with Crippen molar-refractivity contribution in [1.82, 2.24) is 4.90 Å². The van der Waals surface area contributed by atoms with Crippen molar-refractivity contribution in [3.63, 3.8) is 0 Å². The maximum absolute atomic E-state index is 12.5. The normalized spacial score (nSPS) is 17.5. The molecule has 2 aromatic rings. The van der Waals surface area contributed by atoms with Crippen LogP contribution in [0.3, 0.4) is 0 Å². The number of rotatable bonds is 15. The summed E-state index contributed by atoms with van der Waals surface area (Å²) in [6, 6.07) is 16.4. The highest BCUT2D eigenvalue weighted by Crippen LogP contribution is 2.38. The van der Waals surface area contributed by atoms with Gasteiger partial charge < -0.3 is 9.47 Å². The van der Waals surface area contributed by atoms with Crippen LogP contribution < -0.4 is 4.74 Å². The van der Waals surface area contributed by atoms with E-state index in [1.165, 1.54) is 50.5 Å². The fourth-order valence-corrected chi connectivity index (χ4v) is 6.47. The van der Waals surface area contributed by atoms with Gasteiger partial charge in [0.2, 0.25) is 0 Å². The minimum Gasteiger partial charge on any atom is -0.462 e. The summed E-state index contributed by atoms with van der Waals surface area (Å²) in [5.41, 5.74) is 3.49. The van der Waals surface area contributed by atoms with Crippen LogP contribution in [0, 0.1) is 5.92 Å². The fourth-order valence-electron chi connectivity index (χ4n) is 6.47. The molecule has 0 spiro atoms. The number of likely N-dealkylation sites (tertiary alicyclic amines) is 1. The molecule has 232 valence electrons. The van der Waals surface area contributed by atoms with E-state index in [0.717, 1.165) is 36.3 Å². The van der Waals surface area contributed by atoms with Gasteiger partial charge in [0.15, 0.2) is 0 Å². The van der Waals surface area contributed by atoms with E-state index < -0.39 is 5.97 Å². The van der Waals surface area contributed by atoms with Crippen molar-refractivity contribution in [3.8, 4) is 16.9 Å². The van der Waals surface area contributed by atoms with Crippen molar-refractivity contribution >= 4 is 11.9 Å². The Labute approximate surface area is 255 Å². The molecule has 0 saturated carbocycles. The van der Waals surface area contributed by atoms with Crippen LogP contribution in [0.2, 0.25) is 0 Å². The molecule has 0 amide bonds. The van der Waals surface area contributed by atoms with Gasteiger partial charge in [-0.15, -0.1) is 0 Å². The summed E-state index contributed by atoms with van der Waals surface area (Å²) in [4.78, 5) is 27.3. The number of esters is 2. The molecule has 3 rings (SSSR count). The third-order valence-corrected chi connectivity index (χ3v) is 9.23. The lowest BCUT2D eigenvalue weighted by atomic mass is 9.79. The SMILES string of the molecule is CCCCCC(CCC)CCc1ccc(-c2ccc(OC(=O)CCC(=O)OC3CC(C)(C)N(C)C(C)(C)C3)cc2)cc1. The Hall–Kier alpha value is -2.66. The van der Waals surface area contributed by atoms with Gasteiger partial charge in [0.05, 0.1) is 12.8 Å². The van der Waals surface area contributed by atoms with E-state index in [0.29, 0.717) is 5.75 Å². The number of hydrogen-bond donors (Lipinski definition) is 0. The molecule has 1 saturated heterocycles. The molecule has 0 bridgehead atoms. The Morgan fingerprint density at radius 1 is 0.786 bits per heavy atom. The highest BCUT2D eigenvalue weighted by molar-refractivity contribution is 5.79. The molecular weight excluding hydrogens is 522 g/mol. The summed E-state index contributed by atoms with van der Waals surface area (Å²) in [6.07, 6.45) is 11.8. The van der Waals surface area contributed by atoms with Gasteiger partial charge in [-0.25, -0.2) is 0 Å². The van der Waals surface area contributed by atoms with Crippen molar-refractivity contribution in [1.29, 1.82) is 0 Å². The molecule has 5 heteroatoms. The van der Waals surface area contributed by atoms with Crippen LogP contribution in [0.5, 0.6) is 5.75 Å². The lowest BCUT2D eigenvalue weighted by Gasteiger charge is -2.53. The highest BCUT2D eigenvalue weighted by atomic mass is 16.5. The molecule has 1 atom stereocenters. The molecule has 2 aromatic carbocycles. The summed E-state index contributed by atoms with van der Waals surface area (Å²) in [5.74, 6) is 0.548. The van der Waals surface area contributed by atoms with E-state index in [2.05, 4.69) is 77.8 Å². The Morgan fingerprint density at radius 2 is 1.36 bits per heavy atom. The Morgan fingerprint density at radius 3 is 1.93 bits per heavy atom. The average Bonchev–Trinajstić information content (AvgIpc) is 2.94. The molecule has 0 aromatic heterocycles. The number of nitrogens with zero attached hydrogens (tertiary/aromatic N) is 1. The standard InChI is InChI=1S/C37H55NO4/c1-8-10-11-13-28(12-9-2)14-15-29-16-18-30(19-17-29)31-20-22-32(23-21-31)41-34(39)24-25-35(40)42-33-26-36(3,4)38(7)37(5,6)27-33/h16-23,28,33H,8-15,24-27H2,1-7H3. The third kappa shape index (κ3) is 10.3. The van der Waals surface area contributed by atoms with Gasteiger partial charge in [-0.05, 0) is 82.3 Å². The number of benzene rings is 2. The van der Waals surface area contributed by atoms with Gasteiger partial charge in [-0.1, -0.05) is 88.8 Å². The first-order chi connectivity index (χ1) is 19.9. The number of piperidine rings is 1. The highest BCUT2D eigenvalue weighted by Gasteiger charge is 2.44. The van der Waals surface area contributed by atoms with E-state index >= 15 is 0 Å². The van der Waals surface area contributed by atoms with Gasteiger partial charge >= 0.3 is 11.9 Å². The lowest BCUT2D eigenvalue weighted by Crippen LogP contribution is -2.60. The van der Waals surface area contributed by atoms with Crippen LogP contribution in [0.25, 0.3) is 11.1 Å². The zero-order chi connectivity index (χ0) is 30.8. The summed E-state index contributed by atoms with van der Waals surface area (Å²) in [7, 11) is 2.12. The number of aryl methyl sites for hydroxylation is 1. The quantitative estimate of drug-likeness (QED) is 0.120. The van der Waals surface area contributed by atoms with Gasteiger partial charge in [-0.3, -0.25) is 14.5 Å². The molecule has 1 unspecified atom stereocenters. The van der Waals surface area contributed by atoms with Crippen molar-refractivity contribution < 1.29 is 19.1 Å². The monoisotopic (exact) mass is 577 g/mol. The number of carbonyl (C=O) groups excluding carboxylic acids is 2. The molecule has 5 nitrogen and oxygen atoms in total. The molecule has 1 heterocycles. The number of hydrogen-bond acceptors (Lipinski definition) is 5.